The summed E-state index contributed by atoms with van der Waals surface area (Å²) in [6.07, 6.45) is 2.53. The minimum Gasteiger partial charge on any atom is -0.312 e. The Hall–Kier alpha value is -0.0400. The fourth-order valence-electron chi connectivity index (χ4n) is 1.60. The molecular formula is C11H25N. The molecule has 0 rings (SSSR count). The van der Waals surface area contributed by atoms with Crippen molar-refractivity contribution in [1.82, 2.24) is 5.32 Å². The molecular weight excluding hydrogens is 146 g/mol. The minimum atomic E-state index is 0.487. The Morgan fingerprint density at radius 3 is 2.00 bits per heavy atom. The fraction of sp³-hybridized carbons (Fsp3) is 1.00. The lowest BCUT2D eigenvalue weighted by molar-refractivity contribution is 0.272. The molecule has 0 aliphatic rings. The first kappa shape index (κ1) is 12.0. The number of rotatable bonds is 5. The van der Waals surface area contributed by atoms with E-state index in [1.54, 1.807) is 0 Å². The summed E-state index contributed by atoms with van der Waals surface area (Å²) >= 11 is 0. The largest absolute Gasteiger partial charge is 0.312 e. The molecule has 74 valence electrons. The fourth-order valence-corrected chi connectivity index (χ4v) is 1.60. The highest BCUT2D eigenvalue weighted by Crippen LogP contribution is 2.25. The summed E-state index contributed by atoms with van der Waals surface area (Å²) in [6, 6.07) is 1.24. The topological polar surface area (TPSA) is 12.0 Å². The summed E-state index contributed by atoms with van der Waals surface area (Å²) in [5, 5.41) is 3.53. The summed E-state index contributed by atoms with van der Waals surface area (Å²) in [5.74, 6) is 0. The maximum Gasteiger partial charge on any atom is 0.00461 e. The SMILES string of the molecule is CCC(C)(C)CC(C)NC(C)C. The molecule has 0 aliphatic heterocycles. The van der Waals surface area contributed by atoms with Gasteiger partial charge in [-0.05, 0) is 18.8 Å². The van der Waals surface area contributed by atoms with Crippen LogP contribution in [0.4, 0.5) is 0 Å². The van der Waals surface area contributed by atoms with E-state index in [1.807, 2.05) is 0 Å². The van der Waals surface area contributed by atoms with Crippen molar-refractivity contribution in [2.24, 2.45) is 5.41 Å². The van der Waals surface area contributed by atoms with Crippen LogP contribution in [-0.4, -0.2) is 12.1 Å². The Labute approximate surface area is 77.9 Å². The van der Waals surface area contributed by atoms with Crippen LogP contribution >= 0.6 is 0 Å². The molecule has 1 heteroatoms. The van der Waals surface area contributed by atoms with Crippen LogP contribution in [0.25, 0.3) is 0 Å². The molecule has 0 radical (unpaired) electrons. The van der Waals surface area contributed by atoms with Crippen LogP contribution in [0.2, 0.25) is 0 Å². The molecule has 1 N–H and O–H groups in total. The summed E-state index contributed by atoms with van der Waals surface area (Å²) in [4.78, 5) is 0. The van der Waals surface area contributed by atoms with Crippen LogP contribution in [-0.2, 0) is 0 Å². The number of hydrogen-bond acceptors (Lipinski definition) is 1. The third-order valence-electron chi connectivity index (χ3n) is 2.43. The monoisotopic (exact) mass is 171 g/mol. The Balaban J connectivity index is 3.75. The summed E-state index contributed by atoms with van der Waals surface area (Å²) in [6.45, 7) is 13.6. The van der Waals surface area contributed by atoms with Crippen LogP contribution < -0.4 is 5.32 Å². The van der Waals surface area contributed by atoms with E-state index in [-0.39, 0.29) is 0 Å². The second kappa shape index (κ2) is 4.86. The van der Waals surface area contributed by atoms with Crippen molar-refractivity contribution in [3.05, 3.63) is 0 Å². The Kier molecular flexibility index (Phi) is 4.84. The predicted octanol–water partition coefficient (Wildman–Crippen LogP) is 3.20. The van der Waals surface area contributed by atoms with Gasteiger partial charge in [0.2, 0.25) is 0 Å². The van der Waals surface area contributed by atoms with Crippen LogP contribution in [0.15, 0.2) is 0 Å². The molecule has 0 bridgehead atoms. The zero-order valence-electron chi connectivity index (χ0n) is 9.57. The molecule has 0 fully saturated rings. The lowest BCUT2D eigenvalue weighted by atomic mass is 9.83. The van der Waals surface area contributed by atoms with Crippen LogP contribution in [0.3, 0.4) is 0 Å². The molecule has 0 aromatic heterocycles. The second-order valence-electron chi connectivity index (χ2n) is 4.94. The van der Waals surface area contributed by atoms with E-state index < -0.39 is 0 Å². The molecule has 1 unspecified atom stereocenters. The molecule has 12 heavy (non-hydrogen) atoms. The van der Waals surface area contributed by atoms with Crippen LogP contribution in [0, 0.1) is 5.41 Å². The Morgan fingerprint density at radius 2 is 1.67 bits per heavy atom. The van der Waals surface area contributed by atoms with E-state index in [2.05, 4.69) is 46.9 Å². The molecule has 0 aliphatic carbocycles. The van der Waals surface area contributed by atoms with Gasteiger partial charge in [-0.1, -0.05) is 41.0 Å². The molecule has 0 saturated heterocycles. The van der Waals surface area contributed by atoms with Crippen molar-refractivity contribution in [2.45, 2.75) is 66.5 Å². The van der Waals surface area contributed by atoms with Crippen molar-refractivity contribution in [2.75, 3.05) is 0 Å². The lowest BCUT2D eigenvalue weighted by Gasteiger charge is -2.28. The first-order valence-electron chi connectivity index (χ1n) is 5.13. The first-order chi connectivity index (χ1) is 5.37. The highest BCUT2D eigenvalue weighted by Gasteiger charge is 2.18. The Morgan fingerprint density at radius 1 is 1.17 bits per heavy atom. The molecule has 0 saturated carbocycles. The highest BCUT2D eigenvalue weighted by molar-refractivity contribution is 4.74. The third kappa shape index (κ3) is 5.59. The first-order valence-corrected chi connectivity index (χ1v) is 5.13. The van der Waals surface area contributed by atoms with Gasteiger partial charge < -0.3 is 5.32 Å². The average Bonchev–Trinajstić information content (AvgIpc) is 1.84. The molecule has 0 aromatic rings. The van der Waals surface area contributed by atoms with Crippen molar-refractivity contribution >= 4 is 0 Å². The maximum atomic E-state index is 3.53. The van der Waals surface area contributed by atoms with E-state index in [0.717, 1.165) is 0 Å². The number of hydrogen-bond donors (Lipinski definition) is 1. The van der Waals surface area contributed by atoms with Crippen molar-refractivity contribution in [3.63, 3.8) is 0 Å². The standard InChI is InChI=1S/C11H25N/c1-7-11(5,6)8-10(4)12-9(2)3/h9-10,12H,7-8H2,1-6H3. The zero-order chi connectivity index (χ0) is 9.78. The van der Waals surface area contributed by atoms with E-state index in [9.17, 15) is 0 Å². The van der Waals surface area contributed by atoms with Gasteiger partial charge in [0.05, 0.1) is 0 Å². The molecule has 1 atom stereocenters. The van der Waals surface area contributed by atoms with Crippen molar-refractivity contribution in [1.29, 1.82) is 0 Å². The molecule has 1 nitrogen and oxygen atoms in total. The van der Waals surface area contributed by atoms with Gasteiger partial charge >= 0.3 is 0 Å². The number of nitrogens with one attached hydrogen (secondary N) is 1. The predicted molar refractivity (Wildman–Crippen MR) is 56.4 cm³/mol. The van der Waals surface area contributed by atoms with E-state index in [4.69, 9.17) is 0 Å². The normalized spacial score (nSPS) is 15.2. The van der Waals surface area contributed by atoms with Gasteiger partial charge in [-0.2, -0.15) is 0 Å². The van der Waals surface area contributed by atoms with E-state index >= 15 is 0 Å². The van der Waals surface area contributed by atoms with Gasteiger partial charge in [0.25, 0.3) is 0 Å². The molecule has 0 aromatic carbocycles. The summed E-state index contributed by atoms with van der Waals surface area (Å²) < 4.78 is 0. The molecule has 0 heterocycles. The van der Waals surface area contributed by atoms with E-state index in [1.165, 1.54) is 12.8 Å². The van der Waals surface area contributed by atoms with Gasteiger partial charge in [-0.3, -0.25) is 0 Å². The minimum absolute atomic E-state index is 0.487. The van der Waals surface area contributed by atoms with Gasteiger partial charge in [0, 0.05) is 12.1 Å². The van der Waals surface area contributed by atoms with Crippen molar-refractivity contribution in [3.8, 4) is 0 Å². The smallest absolute Gasteiger partial charge is 0.00461 e. The second-order valence-corrected chi connectivity index (χ2v) is 4.94. The summed E-state index contributed by atoms with van der Waals surface area (Å²) in [7, 11) is 0. The Bertz CT molecular complexity index is 116. The van der Waals surface area contributed by atoms with Crippen LogP contribution in [0.1, 0.15) is 54.4 Å². The third-order valence-corrected chi connectivity index (χ3v) is 2.43. The van der Waals surface area contributed by atoms with Crippen molar-refractivity contribution < 1.29 is 0 Å². The highest BCUT2D eigenvalue weighted by atomic mass is 14.9. The van der Waals surface area contributed by atoms with Gasteiger partial charge in [0.15, 0.2) is 0 Å². The quantitative estimate of drug-likeness (QED) is 0.670. The van der Waals surface area contributed by atoms with E-state index in [0.29, 0.717) is 17.5 Å². The van der Waals surface area contributed by atoms with Gasteiger partial charge in [0.1, 0.15) is 0 Å². The molecule has 0 spiro atoms. The molecule has 0 amide bonds. The average molecular weight is 171 g/mol. The maximum absolute atomic E-state index is 3.53. The summed E-state index contributed by atoms with van der Waals surface area (Å²) in [5.41, 5.74) is 0.487. The lowest BCUT2D eigenvalue weighted by Crippen LogP contribution is -2.35. The zero-order valence-corrected chi connectivity index (χ0v) is 9.57. The van der Waals surface area contributed by atoms with Crippen LogP contribution in [0.5, 0.6) is 0 Å². The van der Waals surface area contributed by atoms with Gasteiger partial charge in [-0.15, -0.1) is 0 Å². The van der Waals surface area contributed by atoms with Gasteiger partial charge in [-0.25, -0.2) is 0 Å².